The lowest BCUT2D eigenvalue weighted by Crippen LogP contribution is -2.51. The molecule has 0 saturated heterocycles. The number of carbonyl (C=O) groups excluding carboxylic acids is 2. The number of sulfonamides is 1. The Morgan fingerprint density at radius 3 is 1.95 bits per heavy atom. The van der Waals surface area contributed by atoms with Crippen LogP contribution in [0, 0.1) is 13.8 Å². The molecule has 0 bridgehead atoms. The normalized spacial score (nSPS) is 11.8. The van der Waals surface area contributed by atoms with Crippen LogP contribution in [0.25, 0.3) is 0 Å². The summed E-state index contributed by atoms with van der Waals surface area (Å²) < 4.78 is 35.1. The highest BCUT2D eigenvalue weighted by Crippen LogP contribution is 2.29. The minimum atomic E-state index is -4.17. The standard InChI is InChI=1S/C35H39N3O5S/c1-5-23-36-35(40)28(4)37(24-29-15-11-26(2)12-16-29)34(39)25-38(44(41,42)33-21-13-27(3)14-22-33)30-17-19-32(20-18-30)43-31-9-7-6-8-10-31/h6-22,28H,5,23-25H2,1-4H3,(H,36,40)/t28-/m1/s1. The topological polar surface area (TPSA) is 96.0 Å². The minimum Gasteiger partial charge on any atom is -0.457 e. The molecule has 8 nitrogen and oxygen atoms in total. The maximum absolute atomic E-state index is 14.1. The summed E-state index contributed by atoms with van der Waals surface area (Å²) >= 11 is 0. The third-order valence-corrected chi connectivity index (χ3v) is 8.97. The second-order valence-electron chi connectivity index (χ2n) is 10.7. The maximum Gasteiger partial charge on any atom is 0.264 e. The Balaban J connectivity index is 1.69. The van der Waals surface area contributed by atoms with Gasteiger partial charge in [-0.1, -0.05) is 72.6 Å². The van der Waals surface area contributed by atoms with Crippen molar-refractivity contribution >= 4 is 27.5 Å². The number of nitrogens with zero attached hydrogens (tertiary/aromatic N) is 2. The van der Waals surface area contributed by atoms with Gasteiger partial charge >= 0.3 is 0 Å². The first kappa shape index (κ1) is 32.3. The van der Waals surface area contributed by atoms with Crippen molar-refractivity contribution in [1.82, 2.24) is 10.2 Å². The second-order valence-corrected chi connectivity index (χ2v) is 12.6. The average molecular weight is 614 g/mol. The Hall–Kier alpha value is -4.63. The van der Waals surface area contributed by atoms with Gasteiger partial charge < -0.3 is 15.0 Å². The van der Waals surface area contributed by atoms with E-state index in [4.69, 9.17) is 4.74 Å². The summed E-state index contributed by atoms with van der Waals surface area (Å²) in [6.45, 7) is 7.56. The summed E-state index contributed by atoms with van der Waals surface area (Å²) in [5.74, 6) is 0.343. The largest absolute Gasteiger partial charge is 0.457 e. The van der Waals surface area contributed by atoms with Crippen LogP contribution in [0.3, 0.4) is 0 Å². The Morgan fingerprint density at radius 2 is 1.36 bits per heavy atom. The molecule has 4 aromatic rings. The van der Waals surface area contributed by atoms with Gasteiger partial charge in [0.1, 0.15) is 24.1 Å². The van der Waals surface area contributed by atoms with E-state index in [2.05, 4.69) is 5.32 Å². The van der Waals surface area contributed by atoms with E-state index in [0.29, 0.717) is 18.0 Å². The van der Waals surface area contributed by atoms with Crippen LogP contribution in [-0.2, 0) is 26.2 Å². The summed E-state index contributed by atoms with van der Waals surface area (Å²) in [7, 11) is -4.17. The fourth-order valence-electron chi connectivity index (χ4n) is 4.54. The smallest absolute Gasteiger partial charge is 0.264 e. The fourth-order valence-corrected chi connectivity index (χ4v) is 5.95. The summed E-state index contributed by atoms with van der Waals surface area (Å²) in [5, 5.41) is 2.86. The van der Waals surface area contributed by atoms with Crippen molar-refractivity contribution in [2.75, 3.05) is 17.4 Å². The lowest BCUT2D eigenvalue weighted by molar-refractivity contribution is -0.139. The predicted octanol–water partition coefficient (Wildman–Crippen LogP) is 6.23. The zero-order valence-corrected chi connectivity index (χ0v) is 26.4. The third kappa shape index (κ3) is 8.26. The molecule has 4 aromatic carbocycles. The number of amides is 2. The molecule has 0 heterocycles. The summed E-state index contributed by atoms with van der Waals surface area (Å²) in [6, 6.07) is 29.1. The molecule has 0 spiro atoms. The van der Waals surface area contributed by atoms with Crippen molar-refractivity contribution in [3.8, 4) is 11.5 Å². The fraction of sp³-hybridized carbons (Fsp3) is 0.257. The minimum absolute atomic E-state index is 0.0549. The van der Waals surface area contributed by atoms with Gasteiger partial charge in [-0.25, -0.2) is 8.42 Å². The molecule has 0 radical (unpaired) electrons. The number of anilines is 1. The van der Waals surface area contributed by atoms with Gasteiger partial charge in [0.15, 0.2) is 0 Å². The van der Waals surface area contributed by atoms with Crippen molar-refractivity contribution in [3.05, 3.63) is 120 Å². The van der Waals surface area contributed by atoms with Crippen molar-refractivity contribution in [2.24, 2.45) is 0 Å². The van der Waals surface area contributed by atoms with Gasteiger partial charge in [0.25, 0.3) is 10.0 Å². The zero-order valence-electron chi connectivity index (χ0n) is 25.6. The summed E-state index contributed by atoms with van der Waals surface area (Å²) in [5.41, 5.74) is 3.09. The van der Waals surface area contributed by atoms with Crippen molar-refractivity contribution in [1.29, 1.82) is 0 Å². The van der Waals surface area contributed by atoms with E-state index >= 15 is 0 Å². The molecule has 0 aliphatic rings. The molecule has 1 atom stereocenters. The lowest BCUT2D eigenvalue weighted by atomic mass is 10.1. The zero-order chi connectivity index (χ0) is 31.7. The first-order chi connectivity index (χ1) is 21.1. The molecule has 0 fully saturated rings. The number of hydrogen-bond acceptors (Lipinski definition) is 5. The molecule has 230 valence electrons. The summed E-state index contributed by atoms with van der Waals surface area (Å²) in [6.07, 6.45) is 0.747. The van der Waals surface area contributed by atoms with Crippen molar-refractivity contribution in [2.45, 2.75) is 51.6 Å². The number of para-hydroxylation sites is 1. The highest BCUT2D eigenvalue weighted by atomic mass is 32.2. The van der Waals surface area contributed by atoms with Crippen molar-refractivity contribution < 1.29 is 22.7 Å². The van der Waals surface area contributed by atoms with Gasteiger partial charge in [-0.2, -0.15) is 0 Å². The average Bonchev–Trinajstić information content (AvgIpc) is 3.03. The number of carbonyl (C=O) groups is 2. The van der Waals surface area contributed by atoms with E-state index in [1.807, 2.05) is 75.4 Å². The van der Waals surface area contributed by atoms with Crippen LogP contribution in [0.1, 0.15) is 37.0 Å². The van der Waals surface area contributed by atoms with Crippen LogP contribution in [0.4, 0.5) is 5.69 Å². The number of benzene rings is 4. The SMILES string of the molecule is CCCNC(=O)[C@@H](C)N(Cc1ccc(C)cc1)C(=O)CN(c1ccc(Oc2ccccc2)cc1)S(=O)(=O)c1ccc(C)cc1. The van der Waals surface area contributed by atoms with Crippen molar-refractivity contribution in [3.63, 3.8) is 0 Å². The van der Waals surface area contributed by atoms with E-state index in [1.54, 1.807) is 43.3 Å². The van der Waals surface area contributed by atoms with Crippen LogP contribution < -0.4 is 14.4 Å². The molecule has 0 unspecified atom stereocenters. The maximum atomic E-state index is 14.1. The van der Waals surface area contributed by atoms with Crippen LogP contribution in [0.5, 0.6) is 11.5 Å². The number of rotatable bonds is 13. The van der Waals surface area contributed by atoms with E-state index in [-0.39, 0.29) is 23.0 Å². The molecule has 44 heavy (non-hydrogen) atoms. The molecular formula is C35H39N3O5S. The Kier molecular flexibility index (Phi) is 10.8. The molecule has 0 aliphatic heterocycles. The highest BCUT2D eigenvalue weighted by molar-refractivity contribution is 7.92. The van der Waals surface area contributed by atoms with E-state index in [1.165, 1.54) is 17.0 Å². The predicted molar refractivity (Wildman–Crippen MR) is 173 cm³/mol. The van der Waals surface area contributed by atoms with Crippen LogP contribution in [0.15, 0.2) is 108 Å². The monoisotopic (exact) mass is 613 g/mol. The van der Waals surface area contributed by atoms with E-state index in [9.17, 15) is 18.0 Å². The Bertz CT molecular complexity index is 1640. The van der Waals surface area contributed by atoms with Crippen LogP contribution >= 0.6 is 0 Å². The molecular weight excluding hydrogens is 574 g/mol. The quantitative estimate of drug-likeness (QED) is 0.193. The third-order valence-electron chi connectivity index (χ3n) is 7.18. The first-order valence-electron chi connectivity index (χ1n) is 14.6. The second kappa shape index (κ2) is 14.7. The van der Waals surface area contributed by atoms with Gasteiger partial charge in [0.2, 0.25) is 11.8 Å². The number of hydrogen-bond donors (Lipinski definition) is 1. The highest BCUT2D eigenvalue weighted by Gasteiger charge is 2.32. The molecule has 0 saturated carbocycles. The number of nitrogens with one attached hydrogen (secondary N) is 1. The Morgan fingerprint density at radius 1 is 0.795 bits per heavy atom. The molecule has 0 aliphatic carbocycles. The van der Waals surface area contributed by atoms with Gasteiger partial charge in [0.05, 0.1) is 10.6 Å². The van der Waals surface area contributed by atoms with Crippen LogP contribution in [-0.4, -0.2) is 44.3 Å². The van der Waals surface area contributed by atoms with Gasteiger partial charge in [0, 0.05) is 13.1 Å². The molecule has 2 amide bonds. The first-order valence-corrected chi connectivity index (χ1v) is 16.1. The van der Waals surface area contributed by atoms with Gasteiger partial charge in [-0.15, -0.1) is 0 Å². The van der Waals surface area contributed by atoms with Gasteiger partial charge in [-0.3, -0.25) is 13.9 Å². The molecule has 1 N–H and O–H groups in total. The summed E-state index contributed by atoms with van der Waals surface area (Å²) in [4.78, 5) is 28.6. The van der Waals surface area contributed by atoms with Crippen LogP contribution in [0.2, 0.25) is 0 Å². The van der Waals surface area contributed by atoms with E-state index in [0.717, 1.165) is 27.4 Å². The van der Waals surface area contributed by atoms with Gasteiger partial charge in [-0.05, 0) is 81.3 Å². The number of ether oxygens (including phenoxy) is 1. The lowest BCUT2D eigenvalue weighted by Gasteiger charge is -2.32. The Labute approximate surface area is 260 Å². The molecule has 0 aromatic heterocycles. The number of aryl methyl sites for hydroxylation is 2. The molecule has 9 heteroatoms. The molecule has 4 rings (SSSR count). The van der Waals surface area contributed by atoms with E-state index < -0.39 is 28.5 Å².